The summed E-state index contributed by atoms with van der Waals surface area (Å²) < 4.78 is 5.81. The number of anilines is 1. The first-order valence-corrected chi connectivity index (χ1v) is 10.8. The van der Waals surface area contributed by atoms with Crippen LogP contribution in [-0.4, -0.2) is 46.5 Å². The zero-order chi connectivity index (χ0) is 22.0. The van der Waals surface area contributed by atoms with Crippen LogP contribution in [0.5, 0.6) is 11.6 Å². The second-order valence-electron chi connectivity index (χ2n) is 7.19. The minimum Gasteiger partial charge on any atom is -0.439 e. The van der Waals surface area contributed by atoms with Gasteiger partial charge in [0.25, 0.3) is 5.91 Å². The maximum Gasteiger partial charge on any atom is 0.255 e. The normalized spacial score (nSPS) is 16.3. The molecule has 2 aromatic carbocycles. The van der Waals surface area contributed by atoms with E-state index in [1.807, 2.05) is 11.8 Å². The fourth-order valence-corrected chi connectivity index (χ4v) is 4.08. The molecule has 0 spiro atoms. The van der Waals surface area contributed by atoms with Crippen LogP contribution in [0.1, 0.15) is 17.3 Å². The van der Waals surface area contributed by atoms with Gasteiger partial charge in [-0.3, -0.25) is 4.79 Å². The highest BCUT2D eigenvalue weighted by molar-refractivity contribution is 6.36. The number of hydrogen-bond donors (Lipinski definition) is 0. The molecule has 9 heteroatoms. The Morgan fingerprint density at radius 3 is 2.45 bits per heavy atom. The Hall–Kier alpha value is -2.54. The Balaban J connectivity index is 1.45. The van der Waals surface area contributed by atoms with E-state index in [-0.39, 0.29) is 11.9 Å². The molecule has 1 fully saturated rings. The predicted octanol–water partition coefficient (Wildman–Crippen LogP) is 5.58. The van der Waals surface area contributed by atoms with E-state index in [1.165, 1.54) is 6.33 Å². The van der Waals surface area contributed by atoms with Gasteiger partial charge < -0.3 is 14.5 Å². The molecule has 31 heavy (non-hydrogen) atoms. The second-order valence-corrected chi connectivity index (χ2v) is 8.47. The summed E-state index contributed by atoms with van der Waals surface area (Å²) in [5.74, 6) is 1.70. The smallest absolute Gasteiger partial charge is 0.255 e. The lowest BCUT2D eigenvalue weighted by molar-refractivity contribution is 0.0674. The summed E-state index contributed by atoms with van der Waals surface area (Å²) in [7, 11) is 0. The first-order chi connectivity index (χ1) is 14.9. The molecule has 2 heterocycles. The van der Waals surface area contributed by atoms with Crippen molar-refractivity contribution in [2.75, 3.05) is 24.5 Å². The van der Waals surface area contributed by atoms with E-state index in [0.717, 1.165) is 5.82 Å². The van der Waals surface area contributed by atoms with Crippen molar-refractivity contribution in [3.63, 3.8) is 0 Å². The van der Waals surface area contributed by atoms with Crippen LogP contribution in [0.25, 0.3) is 0 Å². The number of rotatable bonds is 4. The first kappa shape index (κ1) is 21.7. The average Bonchev–Trinajstić information content (AvgIpc) is 2.75. The van der Waals surface area contributed by atoms with E-state index in [9.17, 15) is 4.79 Å². The van der Waals surface area contributed by atoms with Crippen molar-refractivity contribution in [2.45, 2.75) is 13.0 Å². The number of halogens is 3. The van der Waals surface area contributed by atoms with Crippen molar-refractivity contribution in [1.29, 1.82) is 0 Å². The Kier molecular flexibility index (Phi) is 6.51. The van der Waals surface area contributed by atoms with Crippen LogP contribution < -0.4 is 9.64 Å². The second kappa shape index (κ2) is 9.30. The summed E-state index contributed by atoms with van der Waals surface area (Å²) in [6.45, 7) is 3.78. The van der Waals surface area contributed by atoms with Crippen molar-refractivity contribution in [3.05, 3.63) is 75.5 Å². The van der Waals surface area contributed by atoms with Crippen LogP contribution in [0.15, 0.2) is 54.9 Å². The summed E-state index contributed by atoms with van der Waals surface area (Å²) in [5, 5.41) is 1.49. The number of carbonyl (C=O) groups is 1. The highest BCUT2D eigenvalue weighted by Gasteiger charge is 2.30. The molecular weight excluding hydrogens is 459 g/mol. The quantitative estimate of drug-likeness (QED) is 0.491. The average molecular weight is 478 g/mol. The SMILES string of the molecule is CC1CN(c2cc(Oc3ccc(Cl)cc3)ncn2)CCN1C(=O)c1ccc(Cl)cc1Cl. The van der Waals surface area contributed by atoms with Crippen LogP contribution >= 0.6 is 34.8 Å². The van der Waals surface area contributed by atoms with Crippen LogP contribution in [0, 0.1) is 0 Å². The molecule has 0 bridgehead atoms. The summed E-state index contributed by atoms with van der Waals surface area (Å²) in [6.07, 6.45) is 1.47. The van der Waals surface area contributed by atoms with E-state index >= 15 is 0 Å². The number of ether oxygens (including phenoxy) is 1. The van der Waals surface area contributed by atoms with Crippen molar-refractivity contribution >= 4 is 46.5 Å². The summed E-state index contributed by atoms with van der Waals surface area (Å²) in [5.41, 5.74) is 0.451. The van der Waals surface area contributed by atoms with E-state index in [2.05, 4.69) is 14.9 Å². The molecule has 1 unspecified atom stereocenters. The molecule has 4 rings (SSSR count). The number of nitrogens with zero attached hydrogens (tertiary/aromatic N) is 4. The lowest BCUT2D eigenvalue weighted by atomic mass is 10.1. The Morgan fingerprint density at radius 1 is 1.00 bits per heavy atom. The monoisotopic (exact) mass is 476 g/mol. The molecule has 6 nitrogen and oxygen atoms in total. The highest BCUT2D eigenvalue weighted by Crippen LogP contribution is 2.27. The molecule has 1 aliphatic heterocycles. The van der Waals surface area contributed by atoms with E-state index in [0.29, 0.717) is 51.9 Å². The number of carbonyl (C=O) groups excluding carboxylic acids is 1. The summed E-state index contributed by atoms with van der Waals surface area (Å²) >= 11 is 18.1. The summed E-state index contributed by atoms with van der Waals surface area (Å²) in [6, 6.07) is 13.7. The van der Waals surface area contributed by atoms with E-state index in [1.54, 1.807) is 48.5 Å². The Labute approximate surface area is 195 Å². The van der Waals surface area contributed by atoms with Gasteiger partial charge in [0.15, 0.2) is 0 Å². The molecule has 1 aliphatic rings. The van der Waals surface area contributed by atoms with Gasteiger partial charge in [-0.15, -0.1) is 0 Å². The lowest BCUT2D eigenvalue weighted by Crippen LogP contribution is -2.54. The number of amides is 1. The molecule has 1 aromatic heterocycles. The molecule has 0 aliphatic carbocycles. The van der Waals surface area contributed by atoms with Gasteiger partial charge in [-0.25, -0.2) is 9.97 Å². The molecule has 0 saturated carbocycles. The van der Waals surface area contributed by atoms with Crippen LogP contribution in [-0.2, 0) is 0 Å². The molecule has 1 amide bonds. The third kappa shape index (κ3) is 5.03. The number of piperazine rings is 1. The standard InChI is InChI=1S/C22H19Cl3N4O2/c1-14-12-28(8-9-29(14)22(30)18-7-4-16(24)10-19(18)25)20-11-21(27-13-26-20)31-17-5-2-15(23)3-6-17/h2-7,10-11,13-14H,8-9,12H2,1H3. The molecule has 3 aromatic rings. The predicted molar refractivity (Wildman–Crippen MR) is 123 cm³/mol. The molecular formula is C22H19Cl3N4O2. The van der Waals surface area contributed by atoms with Gasteiger partial charge in [-0.1, -0.05) is 34.8 Å². The van der Waals surface area contributed by atoms with Crippen LogP contribution in [0.3, 0.4) is 0 Å². The number of benzene rings is 2. The zero-order valence-corrected chi connectivity index (χ0v) is 18.9. The summed E-state index contributed by atoms with van der Waals surface area (Å²) in [4.78, 5) is 25.5. The number of aromatic nitrogens is 2. The molecule has 0 radical (unpaired) electrons. The molecule has 1 atom stereocenters. The van der Waals surface area contributed by atoms with Gasteiger partial charge in [0.1, 0.15) is 17.9 Å². The van der Waals surface area contributed by atoms with Crippen molar-refractivity contribution in [3.8, 4) is 11.6 Å². The van der Waals surface area contributed by atoms with Crippen molar-refractivity contribution in [1.82, 2.24) is 14.9 Å². The maximum absolute atomic E-state index is 13.0. The van der Waals surface area contributed by atoms with Gasteiger partial charge in [0, 0.05) is 41.8 Å². The van der Waals surface area contributed by atoms with E-state index < -0.39 is 0 Å². The van der Waals surface area contributed by atoms with Crippen molar-refractivity contribution in [2.24, 2.45) is 0 Å². The fourth-order valence-electron chi connectivity index (χ4n) is 3.47. The van der Waals surface area contributed by atoms with Crippen LogP contribution in [0.2, 0.25) is 15.1 Å². The van der Waals surface area contributed by atoms with Gasteiger partial charge in [0.2, 0.25) is 5.88 Å². The topological polar surface area (TPSA) is 58.6 Å². The third-order valence-corrected chi connectivity index (χ3v) is 5.84. The van der Waals surface area contributed by atoms with Crippen molar-refractivity contribution < 1.29 is 9.53 Å². The Morgan fingerprint density at radius 2 is 1.74 bits per heavy atom. The highest BCUT2D eigenvalue weighted by atomic mass is 35.5. The maximum atomic E-state index is 13.0. The molecule has 160 valence electrons. The van der Waals surface area contributed by atoms with Gasteiger partial charge in [0.05, 0.1) is 10.6 Å². The minimum absolute atomic E-state index is 0.0383. The van der Waals surface area contributed by atoms with Gasteiger partial charge in [-0.05, 0) is 49.4 Å². The Bertz CT molecular complexity index is 1090. The lowest BCUT2D eigenvalue weighted by Gasteiger charge is -2.40. The third-order valence-electron chi connectivity index (χ3n) is 5.04. The zero-order valence-electron chi connectivity index (χ0n) is 16.6. The number of hydrogen-bond acceptors (Lipinski definition) is 5. The molecule has 1 saturated heterocycles. The van der Waals surface area contributed by atoms with Gasteiger partial charge in [-0.2, -0.15) is 0 Å². The fraction of sp³-hybridized carbons (Fsp3) is 0.227. The van der Waals surface area contributed by atoms with E-state index in [4.69, 9.17) is 39.5 Å². The largest absolute Gasteiger partial charge is 0.439 e. The minimum atomic E-state index is -0.108. The van der Waals surface area contributed by atoms with Gasteiger partial charge >= 0.3 is 0 Å². The first-order valence-electron chi connectivity index (χ1n) is 9.67. The van der Waals surface area contributed by atoms with Crippen LogP contribution in [0.4, 0.5) is 5.82 Å². The molecule has 0 N–H and O–H groups in total.